The van der Waals surface area contributed by atoms with Gasteiger partial charge in [0.05, 0.1) is 5.60 Å². The van der Waals surface area contributed by atoms with Crippen LogP contribution in [0.5, 0.6) is 0 Å². The van der Waals surface area contributed by atoms with Crippen LogP contribution in [0.15, 0.2) is 18.2 Å². The summed E-state index contributed by atoms with van der Waals surface area (Å²) < 4.78 is 13.1. The molecule has 1 unspecified atom stereocenters. The Balaban J connectivity index is 2.50. The molecule has 88 valence electrons. The summed E-state index contributed by atoms with van der Waals surface area (Å²) in [6, 6.07) is 4.61. The van der Waals surface area contributed by atoms with Crippen LogP contribution in [0.3, 0.4) is 0 Å². The molecule has 0 fully saturated rings. The molecule has 0 aliphatic heterocycles. The quantitative estimate of drug-likeness (QED) is 0.805. The first-order chi connectivity index (χ1) is 7.40. The third-order valence-electron chi connectivity index (χ3n) is 3.90. The minimum absolute atomic E-state index is 0.242. The topological polar surface area (TPSA) is 46.2 Å². The van der Waals surface area contributed by atoms with Gasteiger partial charge in [-0.25, -0.2) is 4.39 Å². The van der Waals surface area contributed by atoms with Gasteiger partial charge in [-0.3, -0.25) is 0 Å². The van der Waals surface area contributed by atoms with Crippen molar-refractivity contribution in [2.75, 3.05) is 6.54 Å². The lowest BCUT2D eigenvalue weighted by Crippen LogP contribution is -2.45. The molecule has 0 saturated carbocycles. The van der Waals surface area contributed by atoms with E-state index in [1.807, 2.05) is 13.8 Å². The SMILES string of the molecule is CC(C)(CN)C1(O)CCc2cc(F)ccc21. The molecule has 1 aliphatic rings. The van der Waals surface area contributed by atoms with Crippen molar-refractivity contribution >= 4 is 0 Å². The van der Waals surface area contributed by atoms with Gasteiger partial charge < -0.3 is 10.8 Å². The lowest BCUT2D eigenvalue weighted by molar-refractivity contribution is -0.0671. The Kier molecular flexibility index (Phi) is 2.55. The van der Waals surface area contributed by atoms with Crippen molar-refractivity contribution in [2.45, 2.75) is 32.3 Å². The first kappa shape index (κ1) is 11.6. The van der Waals surface area contributed by atoms with Gasteiger partial charge in [-0.2, -0.15) is 0 Å². The molecule has 1 aromatic rings. The highest BCUT2D eigenvalue weighted by Crippen LogP contribution is 2.48. The van der Waals surface area contributed by atoms with Crippen LogP contribution in [0.25, 0.3) is 0 Å². The molecule has 0 heterocycles. The maximum atomic E-state index is 13.1. The second-order valence-electron chi connectivity index (χ2n) is 5.25. The van der Waals surface area contributed by atoms with Gasteiger partial charge in [-0.15, -0.1) is 0 Å². The molecule has 16 heavy (non-hydrogen) atoms. The number of benzene rings is 1. The van der Waals surface area contributed by atoms with Gasteiger partial charge in [0.2, 0.25) is 0 Å². The molecule has 3 heteroatoms. The normalized spacial score (nSPS) is 24.6. The van der Waals surface area contributed by atoms with E-state index in [1.54, 1.807) is 6.07 Å². The molecule has 0 spiro atoms. The molecule has 0 amide bonds. The molecule has 0 saturated heterocycles. The Morgan fingerprint density at radius 2 is 2.19 bits per heavy atom. The fourth-order valence-electron chi connectivity index (χ4n) is 2.49. The first-order valence-electron chi connectivity index (χ1n) is 5.62. The summed E-state index contributed by atoms with van der Waals surface area (Å²) in [7, 11) is 0. The Bertz CT molecular complexity index is 416. The third-order valence-corrected chi connectivity index (χ3v) is 3.90. The fourth-order valence-corrected chi connectivity index (χ4v) is 2.49. The van der Waals surface area contributed by atoms with Crippen LogP contribution in [0, 0.1) is 11.2 Å². The van der Waals surface area contributed by atoms with Crippen molar-refractivity contribution in [1.82, 2.24) is 0 Å². The summed E-state index contributed by atoms with van der Waals surface area (Å²) in [5, 5.41) is 10.8. The monoisotopic (exact) mass is 223 g/mol. The first-order valence-corrected chi connectivity index (χ1v) is 5.62. The predicted octanol–water partition coefficient (Wildman–Crippen LogP) is 1.94. The lowest BCUT2D eigenvalue weighted by Gasteiger charge is -2.40. The highest BCUT2D eigenvalue weighted by molar-refractivity contribution is 5.39. The van der Waals surface area contributed by atoms with Crippen LogP contribution >= 0.6 is 0 Å². The highest BCUT2D eigenvalue weighted by atomic mass is 19.1. The van der Waals surface area contributed by atoms with Crippen molar-refractivity contribution in [3.8, 4) is 0 Å². The summed E-state index contributed by atoms with van der Waals surface area (Å²) in [5.41, 5.74) is 6.15. The number of aryl methyl sites for hydroxylation is 1. The summed E-state index contributed by atoms with van der Waals surface area (Å²) in [4.78, 5) is 0. The number of hydrogen-bond acceptors (Lipinski definition) is 2. The van der Waals surface area contributed by atoms with Gasteiger partial charge in [0.25, 0.3) is 0 Å². The number of hydrogen-bond donors (Lipinski definition) is 2. The van der Waals surface area contributed by atoms with Gasteiger partial charge in [0.15, 0.2) is 0 Å². The zero-order valence-corrected chi connectivity index (χ0v) is 9.76. The van der Waals surface area contributed by atoms with Gasteiger partial charge in [-0.05, 0) is 36.1 Å². The average molecular weight is 223 g/mol. The number of rotatable bonds is 2. The van der Waals surface area contributed by atoms with Crippen molar-refractivity contribution in [1.29, 1.82) is 0 Å². The maximum Gasteiger partial charge on any atom is 0.123 e. The molecule has 1 aliphatic carbocycles. The highest BCUT2D eigenvalue weighted by Gasteiger charge is 2.47. The van der Waals surface area contributed by atoms with Crippen LogP contribution in [0.4, 0.5) is 4.39 Å². The number of fused-ring (bicyclic) bond motifs is 1. The average Bonchev–Trinajstić information content (AvgIpc) is 2.57. The minimum Gasteiger partial charge on any atom is -0.385 e. The Morgan fingerprint density at radius 1 is 1.50 bits per heavy atom. The maximum absolute atomic E-state index is 13.1. The zero-order valence-electron chi connectivity index (χ0n) is 9.76. The van der Waals surface area contributed by atoms with Crippen molar-refractivity contribution in [3.05, 3.63) is 35.1 Å². The summed E-state index contributed by atoms with van der Waals surface area (Å²) in [6.07, 6.45) is 1.34. The minimum atomic E-state index is -0.926. The van der Waals surface area contributed by atoms with E-state index in [-0.39, 0.29) is 5.82 Å². The second-order valence-corrected chi connectivity index (χ2v) is 5.25. The van der Waals surface area contributed by atoms with Crippen LogP contribution < -0.4 is 5.73 Å². The second kappa shape index (κ2) is 3.54. The molecule has 0 bridgehead atoms. The van der Waals surface area contributed by atoms with E-state index in [0.29, 0.717) is 19.4 Å². The molecule has 0 aromatic heterocycles. The zero-order chi connectivity index (χ0) is 12.0. The van der Waals surface area contributed by atoms with Gasteiger partial charge in [0, 0.05) is 12.0 Å². The summed E-state index contributed by atoms with van der Waals surface area (Å²) >= 11 is 0. The molecule has 0 radical (unpaired) electrons. The van der Waals surface area contributed by atoms with E-state index >= 15 is 0 Å². The molecule has 2 rings (SSSR count). The van der Waals surface area contributed by atoms with E-state index < -0.39 is 11.0 Å². The number of aliphatic hydroxyl groups is 1. The van der Waals surface area contributed by atoms with Gasteiger partial charge in [0.1, 0.15) is 5.82 Å². The van der Waals surface area contributed by atoms with Crippen LogP contribution in [-0.4, -0.2) is 11.7 Å². The van der Waals surface area contributed by atoms with Crippen LogP contribution in [0.1, 0.15) is 31.4 Å². The standard InChI is InChI=1S/C13H18FNO/c1-12(2,8-15)13(16)6-5-9-7-10(14)3-4-11(9)13/h3-4,7,16H,5-6,8,15H2,1-2H3. The van der Waals surface area contributed by atoms with Crippen molar-refractivity contribution in [2.24, 2.45) is 11.1 Å². The molecule has 1 atom stereocenters. The van der Waals surface area contributed by atoms with E-state index in [2.05, 4.69) is 0 Å². The van der Waals surface area contributed by atoms with E-state index in [1.165, 1.54) is 12.1 Å². The van der Waals surface area contributed by atoms with E-state index in [9.17, 15) is 9.50 Å². The van der Waals surface area contributed by atoms with Crippen LogP contribution in [0.2, 0.25) is 0 Å². The van der Waals surface area contributed by atoms with Gasteiger partial charge in [-0.1, -0.05) is 19.9 Å². The number of nitrogens with two attached hydrogens (primary N) is 1. The Labute approximate surface area is 95.3 Å². The Hall–Kier alpha value is -0.930. The lowest BCUT2D eigenvalue weighted by atomic mass is 9.71. The molecule has 2 nitrogen and oxygen atoms in total. The Morgan fingerprint density at radius 3 is 2.81 bits per heavy atom. The largest absolute Gasteiger partial charge is 0.385 e. The van der Waals surface area contributed by atoms with Crippen LogP contribution in [-0.2, 0) is 12.0 Å². The molecule has 3 N–H and O–H groups in total. The molecule has 1 aromatic carbocycles. The molecular weight excluding hydrogens is 205 g/mol. The third kappa shape index (κ3) is 1.46. The smallest absolute Gasteiger partial charge is 0.123 e. The predicted molar refractivity (Wildman–Crippen MR) is 61.5 cm³/mol. The van der Waals surface area contributed by atoms with E-state index in [4.69, 9.17) is 5.73 Å². The van der Waals surface area contributed by atoms with Crippen molar-refractivity contribution in [3.63, 3.8) is 0 Å². The molecular formula is C13H18FNO. The summed E-state index contributed by atoms with van der Waals surface area (Å²) in [5.74, 6) is -0.242. The summed E-state index contributed by atoms with van der Waals surface area (Å²) in [6.45, 7) is 4.30. The van der Waals surface area contributed by atoms with Gasteiger partial charge >= 0.3 is 0 Å². The van der Waals surface area contributed by atoms with Crippen molar-refractivity contribution < 1.29 is 9.50 Å². The fraction of sp³-hybridized carbons (Fsp3) is 0.538. The number of halogens is 1. The van der Waals surface area contributed by atoms with E-state index in [0.717, 1.165) is 11.1 Å².